The second kappa shape index (κ2) is 6.40. The van der Waals surface area contributed by atoms with Crippen molar-refractivity contribution >= 4 is 17.3 Å². The van der Waals surface area contributed by atoms with E-state index in [1.54, 1.807) is 6.20 Å². The van der Waals surface area contributed by atoms with Crippen molar-refractivity contribution < 1.29 is 0 Å². The summed E-state index contributed by atoms with van der Waals surface area (Å²) in [6.45, 7) is 4.54. The molecule has 0 aromatic carbocycles. The SMILES string of the molecule is N#Cc1cnn2c1[N]CC(CNc1ccc(N3CCCC3)cn1)C2. The summed E-state index contributed by atoms with van der Waals surface area (Å²) in [5, 5.41) is 21.1. The number of nitrogens with zero attached hydrogens (tertiary/aromatic N) is 6. The molecular formula is C17H20N7. The Morgan fingerprint density at radius 1 is 1.25 bits per heavy atom. The number of nitriles is 1. The molecule has 1 unspecified atom stereocenters. The van der Waals surface area contributed by atoms with Crippen molar-refractivity contribution in [2.45, 2.75) is 19.4 Å². The third kappa shape index (κ3) is 2.87. The van der Waals surface area contributed by atoms with E-state index in [4.69, 9.17) is 5.26 Å². The Balaban J connectivity index is 1.33. The van der Waals surface area contributed by atoms with Crippen LogP contribution in [0.4, 0.5) is 17.3 Å². The lowest BCUT2D eigenvalue weighted by Gasteiger charge is -2.24. The summed E-state index contributed by atoms with van der Waals surface area (Å²) >= 11 is 0. The first-order valence-electron chi connectivity index (χ1n) is 8.42. The van der Waals surface area contributed by atoms with Gasteiger partial charge < -0.3 is 10.2 Å². The van der Waals surface area contributed by atoms with Crippen molar-refractivity contribution in [3.05, 3.63) is 30.1 Å². The zero-order chi connectivity index (χ0) is 16.4. The van der Waals surface area contributed by atoms with Crippen LogP contribution in [0.1, 0.15) is 18.4 Å². The summed E-state index contributed by atoms with van der Waals surface area (Å²) in [4.78, 5) is 6.90. The number of rotatable bonds is 4. The van der Waals surface area contributed by atoms with Crippen LogP contribution in [0.2, 0.25) is 0 Å². The average molecular weight is 322 g/mol. The van der Waals surface area contributed by atoms with Crippen molar-refractivity contribution in [2.24, 2.45) is 5.92 Å². The lowest BCUT2D eigenvalue weighted by molar-refractivity contribution is 0.384. The van der Waals surface area contributed by atoms with Gasteiger partial charge in [-0.1, -0.05) is 0 Å². The summed E-state index contributed by atoms with van der Waals surface area (Å²) in [7, 11) is 0. The Morgan fingerprint density at radius 3 is 2.88 bits per heavy atom. The number of hydrogen-bond acceptors (Lipinski definition) is 5. The third-order valence-electron chi connectivity index (χ3n) is 4.65. The number of nitrogens with one attached hydrogen (secondary N) is 1. The van der Waals surface area contributed by atoms with Gasteiger partial charge >= 0.3 is 0 Å². The van der Waals surface area contributed by atoms with Crippen molar-refractivity contribution in [1.82, 2.24) is 20.1 Å². The highest BCUT2D eigenvalue weighted by atomic mass is 15.3. The molecule has 123 valence electrons. The van der Waals surface area contributed by atoms with Crippen molar-refractivity contribution in [3.8, 4) is 6.07 Å². The lowest BCUT2D eigenvalue weighted by atomic mass is 10.1. The van der Waals surface area contributed by atoms with E-state index in [2.05, 4.69) is 37.8 Å². The van der Waals surface area contributed by atoms with Gasteiger partial charge in [0.25, 0.3) is 0 Å². The van der Waals surface area contributed by atoms with Gasteiger partial charge in [0.05, 0.1) is 18.1 Å². The first-order chi connectivity index (χ1) is 11.8. The predicted octanol–water partition coefficient (Wildman–Crippen LogP) is 1.73. The van der Waals surface area contributed by atoms with Crippen molar-refractivity contribution in [1.29, 1.82) is 5.26 Å². The Morgan fingerprint density at radius 2 is 2.12 bits per heavy atom. The van der Waals surface area contributed by atoms with Crippen LogP contribution in [-0.4, -0.2) is 40.9 Å². The standard InChI is InChI=1S/C17H20N7/c18-7-14-10-22-24-12-13(9-21-17(14)24)8-19-16-4-3-15(11-20-16)23-5-1-2-6-23/h3-4,10-11,13H,1-2,5-6,8-9,12H2,(H,19,20). The van der Waals surface area contributed by atoms with Gasteiger partial charge in [0.1, 0.15) is 17.5 Å². The molecule has 2 aromatic heterocycles. The van der Waals surface area contributed by atoms with Crippen LogP contribution in [0.3, 0.4) is 0 Å². The minimum Gasteiger partial charge on any atom is -0.370 e. The lowest BCUT2D eigenvalue weighted by Crippen LogP contribution is -2.32. The third-order valence-corrected chi connectivity index (χ3v) is 4.65. The Bertz CT molecular complexity index is 737. The van der Waals surface area contributed by atoms with E-state index in [0.29, 0.717) is 23.8 Å². The number of pyridine rings is 1. The van der Waals surface area contributed by atoms with Crippen LogP contribution in [0.25, 0.3) is 0 Å². The predicted molar refractivity (Wildman–Crippen MR) is 91.3 cm³/mol. The molecule has 2 aliphatic heterocycles. The topological polar surface area (TPSA) is 83.9 Å². The van der Waals surface area contributed by atoms with Crippen molar-refractivity contribution in [3.63, 3.8) is 0 Å². The average Bonchev–Trinajstić information content (AvgIpc) is 3.29. The first-order valence-corrected chi connectivity index (χ1v) is 8.42. The number of anilines is 2. The summed E-state index contributed by atoms with van der Waals surface area (Å²) in [5.41, 5.74) is 1.76. The maximum atomic E-state index is 9.01. The van der Waals surface area contributed by atoms with E-state index in [9.17, 15) is 0 Å². The van der Waals surface area contributed by atoms with Crippen LogP contribution in [0, 0.1) is 17.2 Å². The fourth-order valence-corrected chi connectivity index (χ4v) is 3.31. The fourth-order valence-electron chi connectivity index (χ4n) is 3.31. The minimum atomic E-state index is 0.351. The molecule has 0 spiro atoms. The smallest absolute Gasteiger partial charge is 0.163 e. The zero-order valence-corrected chi connectivity index (χ0v) is 13.5. The molecule has 4 rings (SSSR count). The Kier molecular flexibility index (Phi) is 3.95. The van der Waals surface area contributed by atoms with Gasteiger partial charge in [0, 0.05) is 38.6 Å². The molecule has 4 heterocycles. The highest BCUT2D eigenvalue weighted by Gasteiger charge is 2.22. The maximum Gasteiger partial charge on any atom is 0.163 e. The molecule has 1 N–H and O–H groups in total. The molecule has 7 nitrogen and oxygen atoms in total. The number of aromatic nitrogens is 3. The van der Waals surface area contributed by atoms with Crippen LogP contribution in [0.15, 0.2) is 24.5 Å². The second-order valence-electron chi connectivity index (χ2n) is 6.36. The summed E-state index contributed by atoms with van der Waals surface area (Å²) < 4.78 is 1.82. The number of fused-ring (bicyclic) bond motifs is 1. The quantitative estimate of drug-likeness (QED) is 0.926. The molecule has 0 amide bonds. The Labute approximate surface area is 141 Å². The molecule has 7 heteroatoms. The molecule has 0 saturated carbocycles. The fraction of sp³-hybridized carbons (Fsp3) is 0.471. The van der Waals surface area contributed by atoms with Gasteiger partial charge in [-0.15, -0.1) is 0 Å². The van der Waals surface area contributed by atoms with Crippen LogP contribution < -0.4 is 15.5 Å². The zero-order valence-electron chi connectivity index (χ0n) is 13.5. The summed E-state index contributed by atoms with van der Waals surface area (Å²) in [6.07, 6.45) is 6.08. The van der Waals surface area contributed by atoms with E-state index in [-0.39, 0.29) is 0 Å². The van der Waals surface area contributed by atoms with E-state index >= 15 is 0 Å². The molecule has 2 aliphatic rings. The van der Waals surface area contributed by atoms with Crippen LogP contribution in [0.5, 0.6) is 0 Å². The van der Waals surface area contributed by atoms with E-state index in [1.165, 1.54) is 18.5 Å². The van der Waals surface area contributed by atoms with Gasteiger partial charge in [-0.2, -0.15) is 10.4 Å². The highest BCUT2D eigenvalue weighted by Crippen LogP contribution is 2.22. The molecule has 0 aliphatic carbocycles. The normalized spacial score (nSPS) is 19.5. The largest absolute Gasteiger partial charge is 0.370 e. The van der Waals surface area contributed by atoms with Gasteiger partial charge in [0.2, 0.25) is 0 Å². The van der Waals surface area contributed by atoms with Gasteiger partial charge in [0.15, 0.2) is 5.82 Å². The second-order valence-corrected chi connectivity index (χ2v) is 6.36. The summed E-state index contributed by atoms with van der Waals surface area (Å²) in [6, 6.07) is 6.31. The van der Waals surface area contributed by atoms with Gasteiger partial charge in [-0.25, -0.2) is 9.67 Å². The molecule has 0 bridgehead atoms. The molecule has 1 saturated heterocycles. The Hall–Kier alpha value is -2.75. The van der Waals surface area contributed by atoms with Crippen LogP contribution >= 0.6 is 0 Å². The monoisotopic (exact) mass is 322 g/mol. The molecule has 1 radical (unpaired) electrons. The number of hydrogen-bond donors (Lipinski definition) is 1. The van der Waals surface area contributed by atoms with Crippen LogP contribution in [-0.2, 0) is 6.54 Å². The van der Waals surface area contributed by atoms with E-state index in [1.807, 2.05) is 16.9 Å². The van der Waals surface area contributed by atoms with Gasteiger partial charge in [-0.3, -0.25) is 5.32 Å². The highest BCUT2D eigenvalue weighted by molar-refractivity contribution is 5.50. The van der Waals surface area contributed by atoms with E-state index < -0.39 is 0 Å². The molecule has 1 fully saturated rings. The molecular weight excluding hydrogens is 302 g/mol. The minimum absolute atomic E-state index is 0.351. The molecule has 2 aromatic rings. The van der Waals surface area contributed by atoms with Crippen molar-refractivity contribution in [2.75, 3.05) is 36.4 Å². The summed E-state index contributed by atoms with van der Waals surface area (Å²) in [5.74, 6) is 1.95. The molecule has 1 atom stereocenters. The maximum absolute atomic E-state index is 9.01. The van der Waals surface area contributed by atoms with Gasteiger partial charge in [-0.05, 0) is 25.0 Å². The molecule has 24 heavy (non-hydrogen) atoms. The van der Waals surface area contributed by atoms with E-state index in [0.717, 1.165) is 32.0 Å². The first kappa shape index (κ1) is 14.8.